The van der Waals surface area contributed by atoms with E-state index < -0.39 is 28.9 Å². The Labute approximate surface area is 187 Å². The Morgan fingerprint density at radius 3 is 1.74 bits per heavy atom. The van der Waals surface area contributed by atoms with Crippen molar-refractivity contribution < 1.29 is 29.6 Å². The third kappa shape index (κ3) is 10.4. The highest BCUT2D eigenvalue weighted by molar-refractivity contribution is 5.94. The molecule has 0 aliphatic carbocycles. The number of ether oxygens (including phenoxy) is 1. The molecular weight excluding hydrogens is 400 g/mol. The van der Waals surface area contributed by atoms with Crippen molar-refractivity contribution in [1.29, 1.82) is 0 Å². The topological polar surface area (TPSA) is 111 Å². The molecular formula is C23H42N2O6. The molecule has 0 spiro atoms. The van der Waals surface area contributed by atoms with Crippen molar-refractivity contribution in [3.63, 3.8) is 0 Å². The largest absolute Gasteiger partial charge is 0.512 e. The average molecular weight is 443 g/mol. The Hall–Kier alpha value is -1.74. The first-order valence-corrected chi connectivity index (χ1v) is 10.5. The summed E-state index contributed by atoms with van der Waals surface area (Å²) in [6.45, 7) is 13.2. The molecule has 0 saturated carbocycles. The number of ketones is 2. The lowest BCUT2D eigenvalue weighted by molar-refractivity contribution is -0.139. The number of aliphatic hydroxyl groups is 3. The van der Waals surface area contributed by atoms with Gasteiger partial charge in [-0.2, -0.15) is 0 Å². The zero-order valence-electron chi connectivity index (χ0n) is 20.6. The van der Waals surface area contributed by atoms with Gasteiger partial charge >= 0.3 is 0 Å². The number of nitrogens with zero attached hydrogens (tertiary/aromatic N) is 2. The standard InChI is InChI=1S/C23H42N2O6/c1-16(17(27)14-19(29)22(2,3)4)24(8)11-13-31-21(25(9)10-12-26)18(28)15-20(30)23(5,6)7/h14-16,21,26,29-30H,10-13H2,1-9H3/b19-14-,20-15-. The van der Waals surface area contributed by atoms with Gasteiger partial charge in [-0.3, -0.25) is 19.4 Å². The number of aliphatic hydroxyl groups excluding tert-OH is 3. The van der Waals surface area contributed by atoms with Gasteiger partial charge in [0.15, 0.2) is 12.0 Å². The summed E-state index contributed by atoms with van der Waals surface area (Å²) in [5.74, 6) is -0.674. The van der Waals surface area contributed by atoms with Gasteiger partial charge in [-0.05, 0) is 21.0 Å². The van der Waals surface area contributed by atoms with Crippen LogP contribution in [0.5, 0.6) is 0 Å². The molecule has 2 atom stereocenters. The Morgan fingerprint density at radius 1 is 0.871 bits per heavy atom. The molecule has 0 radical (unpaired) electrons. The molecule has 0 amide bonds. The Morgan fingerprint density at radius 2 is 1.32 bits per heavy atom. The van der Waals surface area contributed by atoms with Gasteiger partial charge in [-0.1, -0.05) is 41.5 Å². The van der Waals surface area contributed by atoms with E-state index in [1.165, 1.54) is 6.08 Å². The molecule has 0 aromatic rings. The maximum atomic E-state index is 12.7. The van der Waals surface area contributed by atoms with Gasteiger partial charge < -0.3 is 20.1 Å². The Kier molecular flexibility index (Phi) is 11.6. The van der Waals surface area contributed by atoms with E-state index >= 15 is 0 Å². The van der Waals surface area contributed by atoms with Crippen molar-refractivity contribution in [2.75, 3.05) is 40.4 Å². The predicted octanol–water partition coefficient (Wildman–Crippen LogP) is 2.69. The van der Waals surface area contributed by atoms with Gasteiger partial charge in [-0.15, -0.1) is 0 Å². The highest BCUT2D eigenvalue weighted by Crippen LogP contribution is 2.23. The third-order valence-corrected chi connectivity index (χ3v) is 4.98. The summed E-state index contributed by atoms with van der Waals surface area (Å²) in [6.07, 6.45) is 1.44. The van der Waals surface area contributed by atoms with E-state index in [9.17, 15) is 24.9 Å². The molecule has 180 valence electrons. The van der Waals surface area contributed by atoms with E-state index in [4.69, 9.17) is 4.74 Å². The minimum Gasteiger partial charge on any atom is -0.512 e. The zero-order valence-corrected chi connectivity index (χ0v) is 20.6. The summed E-state index contributed by atoms with van der Waals surface area (Å²) in [5, 5.41) is 29.4. The van der Waals surface area contributed by atoms with Crippen molar-refractivity contribution in [1.82, 2.24) is 9.80 Å². The van der Waals surface area contributed by atoms with Crippen molar-refractivity contribution in [2.45, 2.75) is 60.7 Å². The number of allylic oxidation sites excluding steroid dienone is 2. The van der Waals surface area contributed by atoms with Crippen LogP contribution in [0.25, 0.3) is 0 Å². The van der Waals surface area contributed by atoms with Gasteiger partial charge in [0.1, 0.15) is 11.5 Å². The maximum Gasteiger partial charge on any atom is 0.202 e. The van der Waals surface area contributed by atoms with E-state index in [1.807, 2.05) is 20.8 Å². The lowest BCUT2D eigenvalue weighted by atomic mass is 9.92. The molecule has 0 bridgehead atoms. The minimum atomic E-state index is -0.971. The number of likely N-dealkylation sites (N-methyl/N-ethyl adjacent to an activating group) is 2. The van der Waals surface area contributed by atoms with Crippen molar-refractivity contribution >= 4 is 11.6 Å². The van der Waals surface area contributed by atoms with E-state index in [-0.39, 0.29) is 37.1 Å². The van der Waals surface area contributed by atoms with E-state index in [0.717, 1.165) is 6.08 Å². The van der Waals surface area contributed by atoms with Crippen LogP contribution in [0.3, 0.4) is 0 Å². The highest BCUT2D eigenvalue weighted by atomic mass is 16.5. The molecule has 8 nitrogen and oxygen atoms in total. The quantitative estimate of drug-likeness (QED) is 0.240. The highest BCUT2D eigenvalue weighted by Gasteiger charge is 2.26. The van der Waals surface area contributed by atoms with Crippen LogP contribution in [-0.2, 0) is 14.3 Å². The molecule has 31 heavy (non-hydrogen) atoms. The minimum absolute atomic E-state index is 0.0238. The smallest absolute Gasteiger partial charge is 0.202 e. The normalized spacial score (nSPS) is 16.0. The molecule has 0 aliphatic rings. The summed E-state index contributed by atoms with van der Waals surface area (Å²) < 4.78 is 5.76. The summed E-state index contributed by atoms with van der Waals surface area (Å²) in [7, 11) is 3.41. The first-order valence-electron chi connectivity index (χ1n) is 10.5. The van der Waals surface area contributed by atoms with Crippen LogP contribution in [0.1, 0.15) is 48.5 Å². The van der Waals surface area contributed by atoms with Crippen LogP contribution in [0.2, 0.25) is 0 Å². The van der Waals surface area contributed by atoms with Crippen LogP contribution in [0, 0.1) is 10.8 Å². The summed E-state index contributed by atoms with van der Waals surface area (Å²) in [5.41, 5.74) is -1.08. The van der Waals surface area contributed by atoms with Gasteiger partial charge in [0.05, 0.1) is 19.3 Å². The van der Waals surface area contributed by atoms with Gasteiger partial charge in [0, 0.05) is 36.1 Å². The molecule has 8 heteroatoms. The second-order valence-corrected chi connectivity index (χ2v) is 9.95. The molecule has 0 aromatic carbocycles. The first kappa shape index (κ1) is 29.3. The fourth-order valence-electron chi connectivity index (χ4n) is 2.32. The molecule has 0 fully saturated rings. The number of carbonyl (C=O) groups excluding carboxylic acids is 2. The SMILES string of the molecule is CC(C(=O)/C=C(\O)C(C)(C)C)N(C)CCOC(C(=O)/C=C(\O)C(C)(C)C)N(C)CCO. The second kappa shape index (κ2) is 12.3. The van der Waals surface area contributed by atoms with E-state index in [0.29, 0.717) is 6.54 Å². The van der Waals surface area contributed by atoms with Crippen molar-refractivity contribution in [3.8, 4) is 0 Å². The molecule has 0 heterocycles. The molecule has 0 saturated heterocycles. The molecule has 0 aliphatic heterocycles. The fourth-order valence-corrected chi connectivity index (χ4v) is 2.32. The van der Waals surface area contributed by atoms with Crippen LogP contribution in [-0.4, -0.2) is 89.4 Å². The summed E-state index contributed by atoms with van der Waals surface area (Å²) >= 11 is 0. The zero-order chi connectivity index (χ0) is 24.6. The summed E-state index contributed by atoms with van der Waals surface area (Å²) in [4.78, 5) is 28.4. The molecule has 3 N–H and O–H groups in total. The molecule has 0 rings (SSSR count). The number of hydrogen-bond acceptors (Lipinski definition) is 8. The van der Waals surface area contributed by atoms with Crippen LogP contribution in [0.15, 0.2) is 23.7 Å². The number of hydrogen-bond donors (Lipinski definition) is 3. The van der Waals surface area contributed by atoms with Gasteiger partial charge in [0.2, 0.25) is 5.78 Å². The fraction of sp³-hybridized carbons (Fsp3) is 0.739. The molecule has 2 unspecified atom stereocenters. The van der Waals surface area contributed by atoms with Crippen LogP contribution < -0.4 is 0 Å². The lowest BCUT2D eigenvalue weighted by Crippen LogP contribution is -2.44. The number of carbonyl (C=O) groups is 2. The van der Waals surface area contributed by atoms with Crippen LogP contribution >= 0.6 is 0 Å². The van der Waals surface area contributed by atoms with Crippen molar-refractivity contribution in [2.24, 2.45) is 10.8 Å². The number of rotatable bonds is 12. The Balaban J connectivity index is 5.12. The van der Waals surface area contributed by atoms with E-state index in [2.05, 4.69) is 0 Å². The monoisotopic (exact) mass is 442 g/mol. The van der Waals surface area contributed by atoms with Gasteiger partial charge in [-0.25, -0.2) is 0 Å². The van der Waals surface area contributed by atoms with Crippen molar-refractivity contribution in [3.05, 3.63) is 23.7 Å². The average Bonchev–Trinajstić information content (AvgIpc) is 2.62. The maximum absolute atomic E-state index is 12.7. The van der Waals surface area contributed by atoms with Gasteiger partial charge in [0.25, 0.3) is 0 Å². The summed E-state index contributed by atoms with van der Waals surface area (Å²) in [6, 6.07) is -0.484. The predicted molar refractivity (Wildman–Crippen MR) is 122 cm³/mol. The van der Waals surface area contributed by atoms with E-state index in [1.54, 1.807) is 51.6 Å². The second-order valence-electron chi connectivity index (χ2n) is 9.95. The first-order chi connectivity index (χ1) is 14.0. The third-order valence-electron chi connectivity index (χ3n) is 4.98. The van der Waals surface area contributed by atoms with Crippen LogP contribution in [0.4, 0.5) is 0 Å². The Bertz CT molecular complexity index is 658. The molecule has 0 aromatic heterocycles. The lowest BCUT2D eigenvalue weighted by Gasteiger charge is -2.28.